The Labute approximate surface area is 337 Å². The number of piperazine rings is 1. The maximum absolute atomic E-state index is 13.3. The van der Waals surface area contributed by atoms with Gasteiger partial charge in [-0.1, -0.05) is 48.0 Å². The number of nitrogens with zero attached hydrogens (tertiary/aromatic N) is 5. The predicted octanol–water partition coefficient (Wildman–Crippen LogP) is 7.28. The van der Waals surface area contributed by atoms with E-state index in [1.807, 2.05) is 79.7 Å². The van der Waals surface area contributed by atoms with Crippen LogP contribution in [0.25, 0.3) is 11.3 Å². The summed E-state index contributed by atoms with van der Waals surface area (Å²) in [5, 5.41) is 16.1. The largest absolute Gasteiger partial charge is 0.376 e. The lowest BCUT2D eigenvalue weighted by Gasteiger charge is -2.36. The molecule has 15 heteroatoms. The summed E-state index contributed by atoms with van der Waals surface area (Å²) in [6.07, 6.45) is 2.50. The number of aromatic nitrogens is 1. The summed E-state index contributed by atoms with van der Waals surface area (Å²) >= 11 is 7.72. The van der Waals surface area contributed by atoms with E-state index < -0.39 is 26.5 Å². The summed E-state index contributed by atoms with van der Waals surface area (Å²) in [6, 6.07) is 31.8. The summed E-state index contributed by atoms with van der Waals surface area (Å²) < 4.78 is 28.8. The van der Waals surface area contributed by atoms with Crippen LogP contribution in [-0.2, 0) is 16.6 Å². The fourth-order valence-corrected chi connectivity index (χ4v) is 8.51. The molecule has 6 rings (SSSR count). The first-order valence-electron chi connectivity index (χ1n) is 18.2. The highest BCUT2D eigenvalue weighted by molar-refractivity contribution is 7.99. The quantitative estimate of drug-likeness (QED) is 0.0590. The first-order chi connectivity index (χ1) is 26.9. The van der Waals surface area contributed by atoms with Gasteiger partial charge >= 0.3 is 0 Å². The Morgan fingerprint density at radius 1 is 0.946 bits per heavy atom. The van der Waals surface area contributed by atoms with Crippen molar-refractivity contribution in [3.63, 3.8) is 0 Å². The molecule has 1 fully saturated rings. The number of carbonyl (C=O) groups is 1. The number of pyridine rings is 1. The average molecular weight is 814 g/mol. The second-order valence-corrected chi connectivity index (χ2v) is 17.0. The molecule has 0 unspecified atom stereocenters. The Bertz CT molecular complexity index is 2220. The van der Waals surface area contributed by atoms with Gasteiger partial charge in [0.15, 0.2) is 0 Å². The van der Waals surface area contributed by atoms with Crippen LogP contribution in [0.15, 0.2) is 125 Å². The number of sulfonamides is 1. The zero-order valence-corrected chi connectivity index (χ0v) is 33.6. The molecule has 0 bridgehead atoms. The Morgan fingerprint density at radius 2 is 1.66 bits per heavy atom. The van der Waals surface area contributed by atoms with Gasteiger partial charge in [0.2, 0.25) is 0 Å². The number of anilines is 2. The number of halogens is 1. The van der Waals surface area contributed by atoms with Crippen molar-refractivity contribution in [3.05, 3.63) is 142 Å². The maximum atomic E-state index is 13.3. The number of hydrogen-bond acceptors (Lipinski definition) is 11. The molecule has 292 valence electrons. The number of amides is 1. The second kappa shape index (κ2) is 18.8. The predicted molar refractivity (Wildman–Crippen MR) is 224 cm³/mol. The lowest BCUT2D eigenvalue weighted by Crippen LogP contribution is -2.46. The van der Waals surface area contributed by atoms with Crippen LogP contribution >= 0.6 is 23.4 Å². The third kappa shape index (κ3) is 10.9. The molecule has 5 aromatic rings. The second-order valence-electron chi connectivity index (χ2n) is 13.8. The number of carbonyl (C=O) groups excluding carboxylic acids is 1. The molecule has 1 aliphatic rings. The van der Waals surface area contributed by atoms with Crippen molar-refractivity contribution in [2.75, 3.05) is 62.8 Å². The molecule has 1 atom stereocenters. The molecule has 0 radical (unpaired) electrons. The van der Waals surface area contributed by atoms with E-state index >= 15 is 0 Å². The number of nitrogens with one attached hydrogen (secondary N) is 2. The Kier molecular flexibility index (Phi) is 13.6. The normalized spacial score (nSPS) is 14.0. The summed E-state index contributed by atoms with van der Waals surface area (Å²) in [5.41, 5.74) is 3.95. The van der Waals surface area contributed by atoms with Gasteiger partial charge in [-0.05, 0) is 99.4 Å². The standard InChI is InChI=1S/C41H44ClN7O5S2/c1-46(2)22-20-34(29-55-36-8-4-3-5-9-36)44-38-19-18-37(27-39(38)49(51)52)56(53,54)45-41(50)31-12-16-35(17-13-31)48-25-23-47(24-26-48)28-32-7-6-21-43-40(32)30-10-14-33(42)15-11-30/h3-19,21,27,34,44H,20,22-26,28-29H2,1-2H3,(H,45,50)/t34-/m1/s1. The van der Waals surface area contributed by atoms with Crippen molar-refractivity contribution in [1.29, 1.82) is 0 Å². The Hall–Kier alpha value is -4.99. The molecule has 0 spiro atoms. The number of benzene rings is 4. The molecule has 1 aliphatic heterocycles. The van der Waals surface area contributed by atoms with Crippen LogP contribution in [0.1, 0.15) is 22.3 Å². The number of thioether (sulfide) groups is 1. The van der Waals surface area contributed by atoms with E-state index in [0.29, 0.717) is 17.2 Å². The van der Waals surface area contributed by atoms with E-state index in [1.54, 1.807) is 42.2 Å². The van der Waals surface area contributed by atoms with Crippen molar-refractivity contribution in [2.45, 2.75) is 28.8 Å². The molecular formula is C41H44ClN7O5S2. The minimum Gasteiger partial charge on any atom is -0.376 e. The zero-order valence-electron chi connectivity index (χ0n) is 31.2. The first kappa shape index (κ1) is 40.7. The highest BCUT2D eigenvalue weighted by atomic mass is 35.5. The molecule has 56 heavy (non-hydrogen) atoms. The fraction of sp³-hybridized carbons (Fsp3) is 0.268. The summed E-state index contributed by atoms with van der Waals surface area (Å²) in [5.74, 6) is -0.195. The molecular weight excluding hydrogens is 770 g/mol. The van der Waals surface area contributed by atoms with Crippen molar-refractivity contribution in [1.82, 2.24) is 19.5 Å². The van der Waals surface area contributed by atoms with E-state index in [0.717, 1.165) is 72.7 Å². The van der Waals surface area contributed by atoms with Gasteiger partial charge in [0.1, 0.15) is 5.69 Å². The fourth-order valence-electron chi connectivity index (χ4n) is 6.40. The van der Waals surface area contributed by atoms with Gasteiger partial charge in [-0.2, -0.15) is 0 Å². The van der Waals surface area contributed by atoms with Crippen LogP contribution < -0.4 is 14.9 Å². The monoisotopic (exact) mass is 813 g/mol. The Morgan fingerprint density at radius 3 is 2.34 bits per heavy atom. The van der Waals surface area contributed by atoms with Gasteiger partial charge in [-0.3, -0.25) is 24.8 Å². The molecule has 4 aromatic carbocycles. The lowest BCUT2D eigenvalue weighted by atomic mass is 10.1. The van der Waals surface area contributed by atoms with Gasteiger partial charge in [-0.15, -0.1) is 11.8 Å². The van der Waals surface area contributed by atoms with E-state index in [-0.39, 0.29) is 22.2 Å². The molecule has 0 saturated carbocycles. The van der Waals surface area contributed by atoms with Crippen molar-refractivity contribution in [3.8, 4) is 11.3 Å². The lowest BCUT2D eigenvalue weighted by molar-refractivity contribution is -0.384. The number of rotatable bonds is 16. The molecule has 1 aromatic heterocycles. The van der Waals surface area contributed by atoms with E-state index in [9.17, 15) is 23.3 Å². The van der Waals surface area contributed by atoms with Crippen LogP contribution in [0.2, 0.25) is 5.02 Å². The van der Waals surface area contributed by atoms with Gasteiger partial charge in [0, 0.05) is 83.5 Å². The van der Waals surface area contributed by atoms with Crippen LogP contribution in [-0.4, -0.2) is 92.6 Å². The number of nitro benzene ring substituents is 1. The van der Waals surface area contributed by atoms with Crippen LogP contribution in [0, 0.1) is 10.1 Å². The molecule has 0 aliphatic carbocycles. The number of nitro groups is 1. The van der Waals surface area contributed by atoms with Crippen LogP contribution in [0.3, 0.4) is 0 Å². The summed E-state index contributed by atoms with van der Waals surface area (Å²) in [4.78, 5) is 36.7. The molecule has 2 heterocycles. The van der Waals surface area contributed by atoms with E-state index in [2.05, 4.69) is 30.9 Å². The zero-order chi connectivity index (χ0) is 39.7. The molecule has 1 saturated heterocycles. The van der Waals surface area contributed by atoms with Gasteiger partial charge in [0.25, 0.3) is 21.6 Å². The third-order valence-electron chi connectivity index (χ3n) is 9.45. The third-order valence-corrected chi connectivity index (χ3v) is 12.2. The molecule has 2 N–H and O–H groups in total. The Balaban J connectivity index is 1.06. The highest BCUT2D eigenvalue weighted by Gasteiger charge is 2.26. The van der Waals surface area contributed by atoms with E-state index in [1.165, 1.54) is 12.1 Å². The average Bonchev–Trinajstić information content (AvgIpc) is 3.20. The first-order valence-corrected chi connectivity index (χ1v) is 21.0. The minimum absolute atomic E-state index is 0.142. The SMILES string of the molecule is CN(C)CC[C@H](CSc1ccccc1)Nc1ccc(S(=O)(=O)NC(=O)c2ccc(N3CCN(Cc4cccnc4-c4ccc(Cl)cc4)CC3)cc2)cc1[N+](=O)[O-]. The van der Waals surface area contributed by atoms with Crippen molar-refractivity contribution < 1.29 is 18.1 Å². The molecule has 12 nitrogen and oxygen atoms in total. The van der Waals surface area contributed by atoms with Crippen LogP contribution in [0.5, 0.6) is 0 Å². The van der Waals surface area contributed by atoms with Crippen molar-refractivity contribution >= 4 is 56.4 Å². The minimum atomic E-state index is -4.43. The summed E-state index contributed by atoms with van der Waals surface area (Å²) in [7, 11) is -0.517. The van der Waals surface area contributed by atoms with Gasteiger partial charge < -0.3 is 15.1 Å². The van der Waals surface area contributed by atoms with Gasteiger partial charge in [-0.25, -0.2) is 13.1 Å². The number of hydrogen-bond donors (Lipinski definition) is 2. The molecule has 1 amide bonds. The maximum Gasteiger partial charge on any atom is 0.293 e. The van der Waals surface area contributed by atoms with Crippen LogP contribution in [0.4, 0.5) is 17.1 Å². The van der Waals surface area contributed by atoms with Gasteiger partial charge in [0.05, 0.1) is 15.5 Å². The highest BCUT2D eigenvalue weighted by Crippen LogP contribution is 2.31. The van der Waals surface area contributed by atoms with Crippen molar-refractivity contribution in [2.24, 2.45) is 0 Å². The summed E-state index contributed by atoms with van der Waals surface area (Å²) in [6.45, 7) is 4.67. The van der Waals surface area contributed by atoms with E-state index in [4.69, 9.17) is 11.6 Å². The smallest absolute Gasteiger partial charge is 0.293 e. The topological polar surface area (TPSA) is 141 Å².